The van der Waals surface area contributed by atoms with E-state index in [1.54, 1.807) is 0 Å². The summed E-state index contributed by atoms with van der Waals surface area (Å²) in [6.45, 7) is 4.97. The first-order chi connectivity index (χ1) is 7.60. The molecule has 2 nitrogen and oxygen atoms in total. The van der Waals surface area contributed by atoms with Gasteiger partial charge in [-0.2, -0.15) is 0 Å². The summed E-state index contributed by atoms with van der Waals surface area (Å²) in [5.41, 5.74) is 2.26. The third kappa shape index (κ3) is 3.30. The van der Waals surface area contributed by atoms with E-state index in [9.17, 15) is 5.11 Å². The molecule has 1 rings (SSSR count). The quantitative estimate of drug-likeness (QED) is 0.871. The van der Waals surface area contributed by atoms with Crippen LogP contribution in [0.3, 0.4) is 0 Å². The normalized spacial score (nSPS) is 14.8. The van der Waals surface area contributed by atoms with Gasteiger partial charge in [-0.15, -0.1) is 0 Å². The van der Waals surface area contributed by atoms with Crippen LogP contribution in [0.4, 0.5) is 0 Å². The van der Waals surface area contributed by atoms with Crippen molar-refractivity contribution in [3.05, 3.63) is 33.8 Å². The van der Waals surface area contributed by atoms with Crippen molar-refractivity contribution in [2.45, 2.75) is 32.3 Å². The first-order valence-corrected chi connectivity index (χ1v) is 6.51. The molecular weight excluding hydrogens is 266 g/mol. The third-order valence-electron chi connectivity index (χ3n) is 2.95. The zero-order chi connectivity index (χ0) is 12.1. The van der Waals surface area contributed by atoms with Gasteiger partial charge in [0.25, 0.3) is 0 Å². The predicted molar refractivity (Wildman–Crippen MR) is 71.7 cm³/mol. The molecule has 1 aromatic carbocycles. The lowest BCUT2D eigenvalue weighted by molar-refractivity contribution is 0.177. The Kier molecular flexibility index (Phi) is 5.46. The van der Waals surface area contributed by atoms with Gasteiger partial charge in [0.1, 0.15) is 0 Å². The maximum atomic E-state index is 9.85. The molecule has 16 heavy (non-hydrogen) atoms. The zero-order valence-electron chi connectivity index (χ0n) is 10.1. The van der Waals surface area contributed by atoms with E-state index in [2.05, 4.69) is 41.2 Å². The van der Waals surface area contributed by atoms with Gasteiger partial charge in [-0.1, -0.05) is 41.9 Å². The predicted octanol–water partition coefficient (Wildman–Crippen LogP) is 3.22. The minimum Gasteiger partial charge on any atom is -0.387 e. The number of nitrogens with one attached hydrogen (secondary N) is 1. The molecule has 90 valence electrons. The molecule has 0 amide bonds. The molecule has 3 heteroatoms. The first-order valence-electron chi connectivity index (χ1n) is 5.72. The van der Waals surface area contributed by atoms with Crippen LogP contribution in [-0.2, 0) is 0 Å². The Bertz CT molecular complexity index is 341. The van der Waals surface area contributed by atoms with Crippen molar-refractivity contribution in [1.82, 2.24) is 5.32 Å². The van der Waals surface area contributed by atoms with Gasteiger partial charge in [0.2, 0.25) is 0 Å². The van der Waals surface area contributed by atoms with Crippen LogP contribution < -0.4 is 5.32 Å². The number of likely N-dealkylation sites (N-methyl/N-ethyl adjacent to an activating group) is 1. The van der Waals surface area contributed by atoms with Gasteiger partial charge < -0.3 is 10.4 Å². The monoisotopic (exact) mass is 285 g/mol. The van der Waals surface area contributed by atoms with Crippen LogP contribution in [0.2, 0.25) is 0 Å². The Morgan fingerprint density at radius 3 is 2.62 bits per heavy atom. The molecule has 0 aliphatic rings. The second-order valence-corrected chi connectivity index (χ2v) is 5.02. The average molecular weight is 286 g/mol. The van der Waals surface area contributed by atoms with E-state index in [-0.39, 0.29) is 0 Å². The van der Waals surface area contributed by atoms with Crippen molar-refractivity contribution >= 4 is 15.9 Å². The fourth-order valence-electron chi connectivity index (χ4n) is 1.68. The number of aliphatic hydroxyl groups is 1. The first kappa shape index (κ1) is 13.7. The van der Waals surface area contributed by atoms with E-state index in [0.717, 1.165) is 16.5 Å². The summed E-state index contributed by atoms with van der Waals surface area (Å²) in [7, 11) is 1.84. The third-order valence-corrected chi connectivity index (χ3v) is 3.64. The maximum Gasteiger partial charge on any atom is 0.0914 e. The van der Waals surface area contributed by atoms with E-state index < -0.39 is 6.10 Å². The summed E-state index contributed by atoms with van der Waals surface area (Å²) in [4.78, 5) is 0. The molecule has 0 heterocycles. The fraction of sp³-hybridized carbons (Fsp3) is 0.538. The van der Waals surface area contributed by atoms with Gasteiger partial charge in [-0.25, -0.2) is 0 Å². The molecular formula is C13H20BrNO. The number of benzene rings is 1. The van der Waals surface area contributed by atoms with Crippen molar-refractivity contribution in [2.75, 3.05) is 13.6 Å². The summed E-state index contributed by atoms with van der Waals surface area (Å²) in [5.74, 6) is 0.546. The summed E-state index contributed by atoms with van der Waals surface area (Å²) in [6.07, 6.45) is 0.684. The van der Waals surface area contributed by atoms with E-state index in [1.165, 1.54) is 5.56 Å². The van der Waals surface area contributed by atoms with Crippen molar-refractivity contribution in [3.8, 4) is 0 Å². The Morgan fingerprint density at radius 1 is 1.44 bits per heavy atom. The molecule has 1 aromatic rings. The second-order valence-electron chi connectivity index (χ2n) is 4.16. The lowest BCUT2D eigenvalue weighted by Gasteiger charge is -2.15. The van der Waals surface area contributed by atoms with Crippen LogP contribution >= 0.6 is 15.9 Å². The van der Waals surface area contributed by atoms with E-state index in [1.807, 2.05) is 19.2 Å². The van der Waals surface area contributed by atoms with Crippen LogP contribution in [0.15, 0.2) is 22.7 Å². The van der Waals surface area contributed by atoms with Crippen molar-refractivity contribution in [3.63, 3.8) is 0 Å². The number of rotatable bonds is 5. The SMILES string of the molecule is CCC(C)c1ccc(C(O)CNC)cc1Br. The number of aliphatic hydroxyl groups excluding tert-OH is 1. The summed E-state index contributed by atoms with van der Waals surface area (Å²) >= 11 is 3.58. The van der Waals surface area contributed by atoms with Crippen molar-refractivity contribution in [1.29, 1.82) is 0 Å². The standard InChI is InChI=1S/C13H20BrNO/c1-4-9(2)11-6-5-10(7-12(11)14)13(16)8-15-3/h5-7,9,13,15-16H,4,8H2,1-3H3. The molecule has 0 aliphatic carbocycles. The number of hydrogen-bond donors (Lipinski definition) is 2. The molecule has 2 atom stereocenters. The van der Waals surface area contributed by atoms with Gasteiger partial charge in [0, 0.05) is 11.0 Å². The van der Waals surface area contributed by atoms with Crippen LogP contribution in [-0.4, -0.2) is 18.7 Å². The van der Waals surface area contributed by atoms with Gasteiger partial charge in [0.15, 0.2) is 0 Å². The summed E-state index contributed by atoms with van der Waals surface area (Å²) in [6, 6.07) is 6.13. The molecule has 0 fully saturated rings. The molecule has 0 bridgehead atoms. The summed E-state index contributed by atoms with van der Waals surface area (Å²) < 4.78 is 1.09. The molecule has 0 radical (unpaired) electrons. The lowest BCUT2D eigenvalue weighted by Crippen LogP contribution is -2.16. The van der Waals surface area contributed by atoms with E-state index >= 15 is 0 Å². The molecule has 0 aliphatic heterocycles. The molecule has 0 aromatic heterocycles. The van der Waals surface area contributed by atoms with Gasteiger partial charge in [0.05, 0.1) is 6.10 Å². The minimum atomic E-state index is -0.438. The van der Waals surface area contributed by atoms with Gasteiger partial charge in [-0.3, -0.25) is 0 Å². The van der Waals surface area contributed by atoms with Crippen molar-refractivity contribution < 1.29 is 5.11 Å². The molecule has 2 unspecified atom stereocenters. The fourth-order valence-corrected chi connectivity index (χ4v) is 2.47. The Morgan fingerprint density at radius 2 is 2.12 bits per heavy atom. The largest absolute Gasteiger partial charge is 0.387 e. The number of halogens is 1. The highest BCUT2D eigenvalue weighted by molar-refractivity contribution is 9.10. The topological polar surface area (TPSA) is 32.3 Å². The van der Waals surface area contributed by atoms with Crippen LogP contribution in [0.5, 0.6) is 0 Å². The highest BCUT2D eigenvalue weighted by Gasteiger charge is 2.11. The van der Waals surface area contributed by atoms with Gasteiger partial charge in [-0.05, 0) is 36.6 Å². The zero-order valence-corrected chi connectivity index (χ0v) is 11.7. The van der Waals surface area contributed by atoms with Crippen molar-refractivity contribution in [2.24, 2.45) is 0 Å². The Hall–Kier alpha value is -0.380. The smallest absolute Gasteiger partial charge is 0.0914 e. The average Bonchev–Trinajstić information content (AvgIpc) is 2.28. The molecule has 0 saturated carbocycles. The van der Waals surface area contributed by atoms with E-state index in [0.29, 0.717) is 12.5 Å². The van der Waals surface area contributed by atoms with Crippen LogP contribution in [0, 0.1) is 0 Å². The van der Waals surface area contributed by atoms with Gasteiger partial charge >= 0.3 is 0 Å². The Balaban J connectivity index is 2.90. The Labute approximate surface area is 106 Å². The summed E-state index contributed by atoms with van der Waals surface area (Å²) in [5, 5.41) is 12.8. The van der Waals surface area contributed by atoms with Crippen LogP contribution in [0.1, 0.15) is 43.4 Å². The minimum absolute atomic E-state index is 0.438. The molecule has 0 spiro atoms. The lowest BCUT2D eigenvalue weighted by atomic mass is 9.96. The number of hydrogen-bond acceptors (Lipinski definition) is 2. The molecule has 0 saturated heterocycles. The van der Waals surface area contributed by atoms with E-state index in [4.69, 9.17) is 0 Å². The highest BCUT2D eigenvalue weighted by Crippen LogP contribution is 2.29. The highest BCUT2D eigenvalue weighted by atomic mass is 79.9. The second kappa shape index (κ2) is 6.38. The maximum absolute atomic E-state index is 9.85. The molecule has 2 N–H and O–H groups in total. The van der Waals surface area contributed by atoms with Crippen LogP contribution in [0.25, 0.3) is 0 Å².